The summed E-state index contributed by atoms with van der Waals surface area (Å²) in [6.45, 7) is 0. The van der Waals surface area contributed by atoms with Crippen LogP contribution in [0.2, 0.25) is 0 Å². The fourth-order valence-electron chi connectivity index (χ4n) is 1.76. The van der Waals surface area contributed by atoms with Crippen molar-refractivity contribution in [2.24, 2.45) is 0 Å². The lowest BCUT2D eigenvalue weighted by Crippen LogP contribution is -1.97. The molecule has 0 amide bonds. The van der Waals surface area contributed by atoms with E-state index < -0.39 is 0 Å². The predicted molar refractivity (Wildman–Crippen MR) is 59.7 cm³/mol. The van der Waals surface area contributed by atoms with Gasteiger partial charge in [-0.05, 0) is 36.6 Å². The monoisotopic (exact) mass is 237 g/mol. The molecule has 0 bridgehead atoms. The molecule has 68 valence electrons. The Labute approximate surface area is 86.8 Å². The molecule has 1 aromatic carbocycles. The quantitative estimate of drug-likeness (QED) is 0.588. The number of halogens is 1. The van der Waals surface area contributed by atoms with Gasteiger partial charge in [0.1, 0.15) is 0 Å². The number of nitrogens with two attached hydrogens (primary N) is 1. The molecule has 1 aliphatic rings. The van der Waals surface area contributed by atoms with Crippen LogP contribution in [0.5, 0.6) is 0 Å². The van der Waals surface area contributed by atoms with Crippen LogP contribution in [0.4, 0.5) is 5.69 Å². The second kappa shape index (κ2) is 3.54. The highest BCUT2D eigenvalue weighted by Gasteiger charge is 2.14. The van der Waals surface area contributed by atoms with E-state index in [2.05, 4.69) is 34.1 Å². The van der Waals surface area contributed by atoms with Crippen LogP contribution in [0.15, 0.2) is 34.8 Å². The van der Waals surface area contributed by atoms with Crippen molar-refractivity contribution in [3.8, 4) is 0 Å². The van der Waals surface area contributed by atoms with Gasteiger partial charge in [-0.3, -0.25) is 0 Å². The number of hydrogen-bond donors (Lipinski definition) is 1. The van der Waals surface area contributed by atoms with Crippen LogP contribution in [0.3, 0.4) is 0 Å². The van der Waals surface area contributed by atoms with Crippen molar-refractivity contribution in [2.75, 3.05) is 5.73 Å². The Morgan fingerprint density at radius 1 is 1.38 bits per heavy atom. The van der Waals surface area contributed by atoms with Crippen LogP contribution in [-0.4, -0.2) is 0 Å². The Balaban J connectivity index is 2.37. The lowest BCUT2D eigenvalue weighted by Gasteiger charge is -2.11. The zero-order chi connectivity index (χ0) is 9.26. The second-order valence-electron chi connectivity index (χ2n) is 3.39. The zero-order valence-electron chi connectivity index (χ0n) is 7.33. The summed E-state index contributed by atoms with van der Waals surface area (Å²) in [5, 5.41) is 0. The Bertz CT molecular complexity index is 344. The number of allylic oxidation sites excluding steroid dienone is 2. The van der Waals surface area contributed by atoms with Gasteiger partial charge in [-0.1, -0.05) is 28.1 Å². The normalized spacial score (nSPS) is 20.8. The first kappa shape index (κ1) is 8.82. The molecule has 1 atom stereocenters. The zero-order valence-corrected chi connectivity index (χ0v) is 8.92. The van der Waals surface area contributed by atoms with Gasteiger partial charge in [0.2, 0.25) is 0 Å². The summed E-state index contributed by atoms with van der Waals surface area (Å²) in [4.78, 5) is 0. The smallest absolute Gasteiger partial charge is 0.0353 e. The summed E-state index contributed by atoms with van der Waals surface area (Å²) in [7, 11) is 0. The minimum atomic E-state index is 0.525. The molecule has 0 heterocycles. The Kier molecular flexibility index (Phi) is 2.40. The van der Waals surface area contributed by atoms with Gasteiger partial charge in [-0.15, -0.1) is 0 Å². The molecule has 0 saturated carbocycles. The van der Waals surface area contributed by atoms with E-state index in [9.17, 15) is 0 Å². The van der Waals surface area contributed by atoms with E-state index in [1.807, 2.05) is 12.1 Å². The molecule has 0 saturated heterocycles. The minimum Gasteiger partial charge on any atom is -0.398 e. The van der Waals surface area contributed by atoms with Gasteiger partial charge in [0.15, 0.2) is 0 Å². The van der Waals surface area contributed by atoms with Crippen molar-refractivity contribution < 1.29 is 0 Å². The van der Waals surface area contributed by atoms with Crippen molar-refractivity contribution >= 4 is 21.6 Å². The first-order valence-corrected chi connectivity index (χ1v) is 5.28. The third-order valence-corrected chi connectivity index (χ3v) is 2.95. The summed E-state index contributed by atoms with van der Waals surface area (Å²) in [5.74, 6) is 0.525. The molecule has 13 heavy (non-hydrogen) atoms. The molecule has 2 N–H and O–H groups in total. The highest BCUT2D eigenvalue weighted by Crippen LogP contribution is 2.33. The van der Waals surface area contributed by atoms with Gasteiger partial charge >= 0.3 is 0 Å². The van der Waals surface area contributed by atoms with Crippen molar-refractivity contribution in [1.82, 2.24) is 0 Å². The number of rotatable bonds is 1. The summed E-state index contributed by atoms with van der Waals surface area (Å²) in [6.07, 6.45) is 6.85. The maximum Gasteiger partial charge on any atom is 0.0353 e. The topological polar surface area (TPSA) is 26.0 Å². The lowest BCUT2D eigenvalue weighted by atomic mass is 9.97. The summed E-state index contributed by atoms with van der Waals surface area (Å²) in [6, 6.07) is 6.07. The summed E-state index contributed by atoms with van der Waals surface area (Å²) in [5.41, 5.74) is 8.07. The van der Waals surface area contributed by atoms with E-state index >= 15 is 0 Å². The van der Waals surface area contributed by atoms with E-state index in [1.54, 1.807) is 0 Å². The molecule has 2 rings (SSSR count). The Morgan fingerprint density at radius 2 is 2.23 bits per heavy atom. The molecule has 1 aromatic rings. The molecule has 0 fully saturated rings. The van der Waals surface area contributed by atoms with Gasteiger partial charge < -0.3 is 5.73 Å². The van der Waals surface area contributed by atoms with Crippen molar-refractivity contribution in [1.29, 1.82) is 0 Å². The SMILES string of the molecule is Nc1ccc(Br)cc1C1C=CCC1. The van der Waals surface area contributed by atoms with E-state index in [-0.39, 0.29) is 0 Å². The third kappa shape index (κ3) is 1.78. The molecule has 1 aliphatic carbocycles. The molecule has 1 unspecified atom stereocenters. The fraction of sp³-hybridized carbons (Fsp3) is 0.273. The Morgan fingerprint density at radius 3 is 2.92 bits per heavy atom. The molecule has 0 aliphatic heterocycles. The predicted octanol–water partition coefficient (Wildman–Crippen LogP) is 3.46. The van der Waals surface area contributed by atoms with Crippen LogP contribution in [0, 0.1) is 0 Å². The van der Waals surface area contributed by atoms with E-state index in [1.165, 1.54) is 18.4 Å². The molecule has 2 heteroatoms. The van der Waals surface area contributed by atoms with Crippen molar-refractivity contribution in [3.63, 3.8) is 0 Å². The number of benzene rings is 1. The molecule has 1 nitrogen and oxygen atoms in total. The minimum absolute atomic E-state index is 0.525. The number of anilines is 1. The van der Waals surface area contributed by atoms with Gasteiger partial charge in [0.25, 0.3) is 0 Å². The fourth-order valence-corrected chi connectivity index (χ4v) is 2.14. The van der Waals surface area contributed by atoms with E-state index in [0.717, 1.165) is 10.2 Å². The van der Waals surface area contributed by atoms with E-state index in [0.29, 0.717) is 5.92 Å². The van der Waals surface area contributed by atoms with Crippen molar-refractivity contribution in [2.45, 2.75) is 18.8 Å². The van der Waals surface area contributed by atoms with E-state index in [4.69, 9.17) is 5.73 Å². The highest BCUT2D eigenvalue weighted by molar-refractivity contribution is 9.10. The van der Waals surface area contributed by atoms with Crippen LogP contribution < -0.4 is 5.73 Å². The number of hydrogen-bond acceptors (Lipinski definition) is 1. The average Bonchev–Trinajstić information content (AvgIpc) is 2.61. The first-order valence-electron chi connectivity index (χ1n) is 4.49. The van der Waals surface area contributed by atoms with Crippen LogP contribution >= 0.6 is 15.9 Å². The maximum absolute atomic E-state index is 5.91. The lowest BCUT2D eigenvalue weighted by molar-refractivity contribution is 0.802. The largest absolute Gasteiger partial charge is 0.398 e. The Hall–Kier alpha value is -0.760. The van der Waals surface area contributed by atoms with Gasteiger partial charge in [0.05, 0.1) is 0 Å². The maximum atomic E-state index is 5.91. The average molecular weight is 238 g/mol. The molecule has 0 aromatic heterocycles. The summed E-state index contributed by atoms with van der Waals surface area (Å²) < 4.78 is 1.11. The van der Waals surface area contributed by atoms with Crippen LogP contribution in [0.25, 0.3) is 0 Å². The third-order valence-electron chi connectivity index (χ3n) is 2.46. The first-order chi connectivity index (χ1) is 6.27. The van der Waals surface area contributed by atoms with Crippen LogP contribution in [0.1, 0.15) is 24.3 Å². The molecular weight excluding hydrogens is 226 g/mol. The molecular formula is C11H12BrN. The van der Waals surface area contributed by atoms with Gasteiger partial charge in [0, 0.05) is 16.1 Å². The summed E-state index contributed by atoms with van der Waals surface area (Å²) >= 11 is 3.46. The standard InChI is InChI=1S/C11H12BrN/c12-9-5-6-11(13)10(7-9)8-3-1-2-4-8/h1,3,5-8H,2,4,13H2. The molecule has 0 radical (unpaired) electrons. The highest BCUT2D eigenvalue weighted by atomic mass is 79.9. The molecule has 0 spiro atoms. The van der Waals surface area contributed by atoms with Crippen molar-refractivity contribution in [3.05, 3.63) is 40.4 Å². The van der Waals surface area contributed by atoms with Gasteiger partial charge in [-0.25, -0.2) is 0 Å². The number of nitrogen functional groups attached to an aromatic ring is 1. The van der Waals surface area contributed by atoms with Gasteiger partial charge in [-0.2, -0.15) is 0 Å². The second-order valence-corrected chi connectivity index (χ2v) is 4.30. The van der Waals surface area contributed by atoms with Crippen LogP contribution in [-0.2, 0) is 0 Å².